The van der Waals surface area contributed by atoms with E-state index in [2.05, 4.69) is 5.09 Å². The van der Waals surface area contributed by atoms with E-state index in [9.17, 15) is 24.4 Å². The smallest absolute Gasteiger partial charge is 0.343 e. The Hall–Kier alpha value is -2.50. The van der Waals surface area contributed by atoms with Crippen molar-refractivity contribution >= 4 is 47.7 Å². The van der Waals surface area contributed by atoms with Crippen LogP contribution < -0.4 is 10.6 Å². The molecule has 2 aromatic heterocycles. The second-order valence-electron chi connectivity index (χ2n) is 10.5. The molecule has 6 rings (SSSR count). The lowest BCUT2D eigenvalue weighted by atomic mass is 9.86. The number of phenolic OH excluding ortho intramolecular Hbond substituents is 1. The third-order valence-electron chi connectivity index (χ3n) is 8.10. The third kappa shape index (κ3) is 5.73. The number of esters is 1. The number of aromatic nitrogens is 2. The zero-order valence-corrected chi connectivity index (χ0v) is 26.5. The highest BCUT2D eigenvalue weighted by Crippen LogP contribution is 2.48. The van der Waals surface area contributed by atoms with E-state index in [1.54, 1.807) is 40.4 Å². The molecule has 1 aromatic carbocycles. The summed E-state index contributed by atoms with van der Waals surface area (Å²) >= 11 is 11.2. The summed E-state index contributed by atoms with van der Waals surface area (Å²) in [5.41, 5.74) is 2.47. The number of nitrogens with one attached hydrogen (secondary N) is 1. The van der Waals surface area contributed by atoms with Gasteiger partial charge in [-0.25, -0.2) is 19.5 Å². The van der Waals surface area contributed by atoms with E-state index in [0.717, 1.165) is 35.0 Å². The molecule has 11 nitrogen and oxygen atoms in total. The molecule has 3 aromatic rings. The highest BCUT2D eigenvalue weighted by atomic mass is 35.5. The van der Waals surface area contributed by atoms with Crippen LogP contribution in [0, 0.1) is 0 Å². The number of phenols is 1. The van der Waals surface area contributed by atoms with Crippen molar-refractivity contribution in [2.24, 2.45) is 0 Å². The van der Waals surface area contributed by atoms with Crippen LogP contribution in [0.4, 0.5) is 0 Å². The van der Waals surface area contributed by atoms with Gasteiger partial charge < -0.3 is 24.0 Å². The molecule has 0 spiro atoms. The molecule has 2 atom stereocenters. The van der Waals surface area contributed by atoms with Gasteiger partial charge in [-0.1, -0.05) is 13.8 Å². The summed E-state index contributed by atoms with van der Waals surface area (Å²) in [4.78, 5) is 30.2. The van der Waals surface area contributed by atoms with Crippen LogP contribution in [-0.4, -0.2) is 68.4 Å². The maximum absolute atomic E-state index is 13.2. The molecule has 43 heavy (non-hydrogen) atoms. The van der Waals surface area contributed by atoms with Gasteiger partial charge in [-0.15, -0.1) is 23.2 Å². The number of carbonyl (C=O) groups is 1. The number of nitrogens with zero attached hydrogens (tertiary/aromatic N) is 3. The molecular formula is C29H35Cl2N4O7P. The Balaban J connectivity index is 0.000000222. The van der Waals surface area contributed by atoms with Crippen LogP contribution in [0.1, 0.15) is 48.9 Å². The molecule has 5 heterocycles. The molecule has 232 valence electrons. The SMILES string of the molecule is CCc1c2c(nc3ccc(O)cc13)-c1cc3c(c(=O)n1C2)COC(=O)C3(O)CC.O=P1(N(CCCl)CCCl)NCCCO1. The second kappa shape index (κ2) is 12.9. The highest BCUT2D eigenvalue weighted by molar-refractivity contribution is 7.54. The zero-order chi connectivity index (χ0) is 30.9. The van der Waals surface area contributed by atoms with Gasteiger partial charge in [0.15, 0.2) is 5.60 Å². The summed E-state index contributed by atoms with van der Waals surface area (Å²) in [6.07, 6.45) is 1.71. The molecule has 0 radical (unpaired) electrons. The lowest BCUT2D eigenvalue weighted by Crippen LogP contribution is -2.44. The monoisotopic (exact) mass is 652 g/mol. The molecule has 3 aliphatic heterocycles. The average Bonchev–Trinajstić information content (AvgIpc) is 3.37. The average molecular weight is 654 g/mol. The van der Waals surface area contributed by atoms with E-state index >= 15 is 0 Å². The Bertz CT molecular complexity index is 1650. The Kier molecular flexibility index (Phi) is 9.54. The molecule has 1 fully saturated rings. The highest BCUT2D eigenvalue weighted by Gasteiger charge is 2.45. The number of ether oxygens (including phenoxy) is 1. The summed E-state index contributed by atoms with van der Waals surface area (Å²) in [5, 5.41) is 24.6. The Morgan fingerprint density at radius 1 is 1.16 bits per heavy atom. The molecule has 0 aliphatic carbocycles. The van der Waals surface area contributed by atoms with Crippen molar-refractivity contribution in [2.75, 3.05) is 38.0 Å². The molecular weight excluding hydrogens is 618 g/mol. The molecule has 2 unspecified atom stereocenters. The number of cyclic esters (lactones) is 1. The first-order chi connectivity index (χ1) is 20.6. The number of alkyl halides is 2. The van der Waals surface area contributed by atoms with Crippen molar-refractivity contribution in [1.82, 2.24) is 19.3 Å². The van der Waals surface area contributed by atoms with Gasteiger partial charge in [-0.2, -0.15) is 0 Å². The number of hydrogen-bond acceptors (Lipinski definition) is 8. The van der Waals surface area contributed by atoms with Crippen LogP contribution in [0.3, 0.4) is 0 Å². The lowest BCUT2D eigenvalue weighted by Gasteiger charge is -2.33. The second-order valence-corrected chi connectivity index (χ2v) is 13.5. The summed E-state index contributed by atoms with van der Waals surface area (Å²) in [6, 6.07) is 6.75. The fourth-order valence-electron chi connectivity index (χ4n) is 5.83. The number of benzene rings is 1. The number of halogens is 2. The molecule has 3 aliphatic rings. The van der Waals surface area contributed by atoms with Crippen molar-refractivity contribution in [3.63, 3.8) is 0 Å². The fourth-order valence-corrected chi connectivity index (χ4v) is 8.47. The van der Waals surface area contributed by atoms with Gasteiger partial charge in [0.05, 0.1) is 35.6 Å². The van der Waals surface area contributed by atoms with Crippen molar-refractivity contribution in [1.29, 1.82) is 0 Å². The van der Waals surface area contributed by atoms with Crippen molar-refractivity contribution in [2.45, 2.75) is 51.9 Å². The van der Waals surface area contributed by atoms with Crippen LogP contribution in [0.25, 0.3) is 22.3 Å². The molecule has 3 N–H and O–H groups in total. The zero-order valence-electron chi connectivity index (χ0n) is 24.1. The Labute approximate surface area is 259 Å². The number of aryl methyl sites for hydroxylation is 1. The molecule has 0 amide bonds. The van der Waals surface area contributed by atoms with Crippen LogP contribution >= 0.6 is 30.9 Å². The van der Waals surface area contributed by atoms with Crippen LogP contribution in [-0.2, 0) is 43.8 Å². The van der Waals surface area contributed by atoms with E-state index in [0.29, 0.717) is 66.9 Å². The summed E-state index contributed by atoms with van der Waals surface area (Å²) in [6.45, 7) is 6.23. The number of aromatic hydroxyl groups is 1. The maximum atomic E-state index is 13.2. The fraction of sp³-hybridized carbons (Fsp3) is 0.483. The van der Waals surface area contributed by atoms with Gasteiger partial charge in [0.25, 0.3) is 5.56 Å². The Morgan fingerprint density at radius 3 is 2.53 bits per heavy atom. The standard InChI is InChI=1S/C22H20N2O5.C7H15Cl2N2O2P/c1-3-12-13-7-11(25)5-6-17(13)23-19-14(12)9-24-18(19)8-16-15(20(24)26)10-29-21(27)22(16,28)4-2;8-2-5-11(6-3-9)14(12)10-4-1-7-13-14/h5-8,25,28H,3-4,9-10H2,1-2H3;1-7H2,(H,10,12). The van der Waals surface area contributed by atoms with Crippen LogP contribution in [0.15, 0.2) is 29.1 Å². The van der Waals surface area contributed by atoms with Crippen molar-refractivity contribution in [3.05, 3.63) is 56.9 Å². The number of aliphatic hydroxyl groups is 1. The summed E-state index contributed by atoms with van der Waals surface area (Å²) < 4.78 is 25.9. The van der Waals surface area contributed by atoms with Gasteiger partial charge in [-0.05, 0) is 49.1 Å². The predicted octanol–water partition coefficient (Wildman–Crippen LogP) is 4.23. The minimum absolute atomic E-state index is 0.110. The largest absolute Gasteiger partial charge is 0.508 e. The predicted molar refractivity (Wildman–Crippen MR) is 165 cm³/mol. The Morgan fingerprint density at radius 2 is 1.91 bits per heavy atom. The van der Waals surface area contributed by atoms with Crippen molar-refractivity contribution in [3.8, 4) is 17.1 Å². The number of fused-ring (bicyclic) bond motifs is 5. The quantitative estimate of drug-likeness (QED) is 0.151. The molecule has 1 saturated heterocycles. The normalized spacial score (nSPS) is 22.4. The van der Waals surface area contributed by atoms with Crippen LogP contribution in [0.2, 0.25) is 0 Å². The van der Waals surface area contributed by atoms with Gasteiger partial charge in [-0.3, -0.25) is 9.36 Å². The minimum atomic E-state index is -2.84. The number of hydrogen-bond donors (Lipinski definition) is 3. The van der Waals surface area contributed by atoms with Gasteiger partial charge >= 0.3 is 13.6 Å². The van der Waals surface area contributed by atoms with E-state index in [1.807, 2.05) is 6.92 Å². The first kappa shape index (κ1) is 31.9. The van der Waals surface area contributed by atoms with Crippen molar-refractivity contribution < 1.29 is 28.8 Å². The minimum Gasteiger partial charge on any atom is -0.508 e. The van der Waals surface area contributed by atoms with Gasteiger partial charge in [0, 0.05) is 47.9 Å². The van der Waals surface area contributed by atoms with E-state index in [-0.39, 0.29) is 24.3 Å². The first-order valence-corrected chi connectivity index (χ1v) is 16.9. The molecule has 0 bridgehead atoms. The number of pyridine rings is 2. The van der Waals surface area contributed by atoms with E-state index in [4.69, 9.17) is 37.4 Å². The van der Waals surface area contributed by atoms with Crippen LogP contribution in [0.5, 0.6) is 5.75 Å². The first-order valence-electron chi connectivity index (χ1n) is 14.3. The van der Waals surface area contributed by atoms with Gasteiger partial charge in [0.2, 0.25) is 0 Å². The lowest BCUT2D eigenvalue weighted by molar-refractivity contribution is -0.172. The van der Waals surface area contributed by atoms with E-state index < -0.39 is 19.2 Å². The topological polar surface area (TPSA) is 143 Å². The van der Waals surface area contributed by atoms with Gasteiger partial charge in [0.1, 0.15) is 12.4 Å². The third-order valence-corrected chi connectivity index (χ3v) is 10.7. The summed E-state index contributed by atoms with van der Waals surface area (Å²) in [5.74, 6) is 0.282. The summed E-state index contributed by atoms with van der Waals surface area (Å²) in [7, 11) is -2.84. The van der Waals surface area contributed by atoms with E-state index in [1.165, 1.54) is 0 Å². The molecule has 0 saturated carbocycles. The maximum Gasteiger partial charge on any atom is 0.343 e. The number of rotatable bonds is 7. The molecule has 14 heteroatoms. The number of carbonyl (C=O) groups excluding carboxylic acids is 1.